The van der Waals surface area contributed by atoms with Crippen molar-refractivity contribution in [2.45, 2.75) is 12.8 Å². The predicted molar refractivity (Wildman–Crippen MR) is 49.9 cm³/mol. The van der Waals surface area contributed by atoms with E-state index in [4.69, 9.17) is 4.74 Å². The number of ether oxygens (including phenoxy) is 1. The fourth-order valence-corrected chi connectivity index (χ4v) is 1.49. The van der Waals surface area contributed by atoms with Gasteiger partial charge in [0.25, 0.3) is 0 Å². The maximum absolute atomic E-state index is 12.2. The minimum Gasteiger partial charge on any atom is -0.380 e. The van der Waals surface area contributed by atoms with Crippen LogP contribution in [0.4, 0.5) is 13.2 Å². The number of halogens is 4. The van der Waals surface area contributed by atoms with Crippen LogP contribution >= 0.6 is 15.9 Å². The Morgan fingerprint density at radius 2 is 2.00 bits per heavy atom. The number of alkyl halides is 3. The predicted octanol–water partition coefficient (Wildman–Crippen LogP) is 3.61. The minimum absolute atomic E-state index is 0.290. The first-order chi connectivity index (χ1) is 6.45. The van der Waals surface area contributed by atoms with Crippen molar-refractivity contribution in [3.8, 4) is 0 Å². The second-order valence-corrected chi connectivity index (χ2v) is 3.59. The van der Waals surface area contributed by atoms with Gasteiger partial charge in [-0.3, -0.25) is 0 Å². The summed E-state index contributed by atoms with van der Waals surface area (Å²) in [4.78, 5) is 0. The Balaban J connectivity index is 3.01. The SMILES string of the molecule is COCc1ccc(C(F)(F)F)cc1Br. The third-order valence-electron chi connectivity index (χ3n) is 1.68. The topological polar surface area (TPSA) is 9.23 Å². The van der Waals surface area contributed by atoms with E-state index in [0.717, 1.165) is 12.1 Å². The fraction of sp³-hybridized carbons (Fsp3) is 0.333. The normalized spacial score (nSPS) is 11.8. The number of hydrogen-bond acceptors (Lipinski definition) is 1. The Labute approximate surface area is 88.0 Å². The molecule has 1 rings (SSSR count). The van der Waals surface area contributed by atoms with Gasteiger partial charge >= 0.3 is 6.18 Å². The zero-order valence-electron chi connectivity index (χ0n) is 7.36. The average molecular weight is 269 g/mol. The van der Waals surface area contributed by atoms with Gasteiger partial charge in [-0.25, -0.2) is 0 Å². The molecule has 78 valence electrons. The van der Waals surface area contributed by atoms with Crippen LogP contribution in [0.15, 0.2) is 22.7 Å². The summed E-state index contributed by atoms with van der Waals surface area (Å²) >= 11 is 3.06. The van der Waals surface area contributed by atoms with E-state index in [9.17, 15) is 13.2 Å². The molecule has 0 aromatic heterocycles. The largest absolute Gasteiger partial charge is 0.416 e. The van der Waals surface area contributed by atoms with Crippen LogP contribution in [-0.2, 0) is 17.5 Å². The van der Waals surface area contributed by atoms with E-state index >= 15 is 0 Å². The Morgan fingerprint density at radius 3 is 2.43 bits per heavy atom. The highest BCUT2D eigenvalue weighted by Crippen LogP contribution is 2.32. The maximum atomic E-state index is 12.2. The van der Waals surface area contributed by atoms with Gasteiger partial charge in [0.05, 0.1) is 12.2 Å². The number of rotatable bonds is 2. The van der Waals surface area contributed by atoms with Gasteiger partial charge < -0.3 is 4.74 Å². The molecule has 0 amide bonds. The molecule has 1 aromatic rings. The van der Waals surface area contributed by atoms with E-state index in [2.05, 4.69) is 15.9 Å². The zero-order valence-corrected chi connectivity index (χ0v) is 8.95. The first-order valence-electron chi connectivity index (χ1n) is 3.79. The molecule has 0 bridgehead atoms. The van der Waals surface area contributed by atoms with Crippen molar-refractivity contribution < 1.29 is 17.9 Å². The van der Waals surface area contributed by atoms with E-state index in [-0.39, 0.29) is 0 Å². The number of methoxy groups -OCH3 is 1. The Hall–Kier alpha value is -0.550. The van der Waals surface area contributed by atoms with E-state index in [1.165, 1.54) is 13.2 Å². The van der Waals surface area contributed by atoms with Crippen LogP contribution in [0.3, 0.4) is 0 Å². The summed E-state index contributed by atoms with van der Waals surface area (Å²) in [6.45, 7) is 0.290. The lowest BCUT2D eigenvalue weighted by molar-refractivity contribution is -0.137. The molecule has 0 aliphatic heterocycles. The monoisotopic (exact) mass is 268 g/mol. The van der Waals surface area contributed by atoms with E-state index in [0.29, 0.717) is 16.6 Å². The summed E-state index contributed by atoms with van der Waals surface area (Å²) in [6.07, 6.45) is -4.30. The van der Waals surface area contributed by atoms with E-state index in [1.54, 1.807) is 0 Å². The molecule has 0 radical (unpaired) electrons. The minimum atomic E-state index is -4.30. The molecule has 1 aromatic carbocycles. The lowest BCUT2D eigenvalue weighted by Gasteiger charge is -2.09. The van der Waals surface area contributed by atoms with Crippen LogP contribution in [-0.4, -0.2) is 7.11 Å². The van der Waals surface area contributed by atoms with Crippen LogP contribution in [0.5, 0.6) is 0 Å². The molecule has 0 saturated heterocycles. The van der Waals surface area contributed by atoms with Crippen LogP contribution in [0.1, 0.15) is 11.1 Å². The molecule has 14 heavy (non-hydrogen) atoms. The Bertz CT molecular complexity index is 322. The highest BCUT2D eigenvalue weighted by molar-refractivity contribution is 9.10. The van der Waals surface area contributed by atoms with E-state index in [1.807, 2.05) is 0 Å². The summed E-state index contributed by atoms with van der Waals surface area (Å²) < 4.78 is 41.9. The lowest BCUT2D eigenvalue weighted by Crippen LogP contribution is -2.05. The molecule has 0 heterocycles. The molecule has 0 aliphatic rings. The van der Waals surface area contributed by atoms with Gasteiger partial charge in [-0.1, -0.05) is 22.0 Å². The number of benzene rings is 1. The molecule has 5 heteroatoms. The van der Waals surface area contributed by atoms with Gasteiger partial charge in [0.15, 0.2) is 0 Å². The van der Waals surface area contributed by atoms with E-state index < -0.39 is 11.7 Å². The van der Waals surface area contributed by atoms with Gasteiger partial charge in [0, 0.05) is 11.6 Å². The first kappa shape index (κ1) is 11.5. The Kier molecular flexibility index (Phi) is 3.55. The Morgan fingerprint density at radius 1 is 1.36 bits per heavy atom. The van der Waals surface area contributed by atoms with Crippen molar-refractivity contribution in [2.75, 3.05) is 7.11 Å². The van der Waals surface area contributed by atoms with Crippen molar-refractivity contribution in [1.29, 1.82) is 0 Å². The molecule has 0 atom stereocenters. The van der Waals surface area contributed by atoms with Crippen molar-refractivity contribution in [1.82, 2.24) is 0 Å². The smallest absolute Gasteiger partial charge is 0.380 e. The van der Waals surface area contributed by atoms with Crippen molar-refractivity contribution in [3.63, 3.8) is 0 Å². The van der Waals surface area contributed by atoms with Gasteiger partial charge in [-0.05, 0) is 17.7 Å². The molecule has 0 spiro atoms. The summed E-state index contributed by atoms with van der Waals surface area (Å²) in [5.74, 6) is 0. The summed E-state index contributed by atoms with van der Waals surface area (Å²) in [5, 5.41) is 0. The first-order valence-corrected chi connectivity index (χ1v) is 4.59. The number of hydrogen-bond donors (Lipinski definition) is 0. The lowest BCUT2D eigenvalue weighted by atomic mass is 10.1. The fourth-order valence-electron chi connectivity index (χ4n) is 0.996. The second-order valence-electron chi connectivity index (χ2n) is 2.74. The highest BCUT2D eigenvalue weighted by Gasteiger charge is 2.30. The molecular weight excluding hydrogens is 261 g/mol. The molecule has 0 unspecified atom stereocenters. The second kappa shape index (κ2) is 4.31. The highest BCUT2D eigenvalue weighted by atomic mass is 79.9. The molecule has 0 saturated carbocycles. The molecular formula is C9H8BrF3O. The van der Waals surface area contributed by atoms with Crippen LogP contribution in [0, 0.1) is 0 Å². The average Bonchev–Trinajstić information content (AvgIpc) is 2.07. The molecule has 0 fully saturated rings. The van der Waals surface area contributed by atoms with Gasteiger partial charge in [-0.15, -0.1) is 0 Å². The third-order valence-corrected chi connectivity index (χ3v) is 2.42. The van der Waals surface area contributed by atoms with Crippen LogP contribution < -0.4 is 0 Å². The summed E-state index contributed by atoms with van der Waals surface area (Å²) in [5.41, 5.74) is 0.0322. The maximum Gasteiger partial charge on any atom is 0.416 e. The van der Waals surface area contributed by atoms with Gasteiger partial charge in [0.2, 0.25) is 0 Å². The van der Waals surface area contributed by atoms with Gasteiger partial charge in [0.1, 0.15) is 0 Å². The van der Waals surface area contributed by atoms with Gasteiger partial charge in [-0.2, -0.15) is 13.2 Å². The molecule has 0 aliphatic carbocycles. The summed E-state index contributed by atoms with van der Waals surface area (Å²) in [7, 11) is 1.49. The van der Waals surface area contributed by atoms with Crippen molar-refractivity contribution in [2.24, 2.45) is 0 Å². The van der Waals surface area contributed by atoms with Crippen LogP contribution in [0.25, 0.3) is 0 Å². The van der Waals surface area contributed by atoms with Crippen molar-refractivity contribution in [3.05, 3.63) is 33.8 Å². The van der Waals surface area contributed by atoms with Crippen molar-refractivity contribution >= 4 is 15.9 Å². The quantitative estimate of drug-likeness (QED) is 0.796. The standard InChI is InChI=1S/C9H8BrF3O/c1-14-5-6-2-3-7(4-8(6)10)9(11,12)13/h2-4H,5H2,1H3. The van der Waals surface area contributed by atoms with Crippen LogP contribution in [0.2, 0.25) is 0 Å². The zero-order chi connectivity index (χ0) is 10.8. The summed E-state index contributed by atoms with van der Waals surface area (Å²) in [6, 6.07) is 3.49. The third kappa shape index (κ3) is 2.72. The molecule has 1 nitrogen and oxygen atoms in total. The molecule has 0 N–H and O–H groups in total.